The lowest BCUT2D eigenvalue weighted by Gasteiger charge is -2.32. The monoisotopic (exact) mass is 302 g/mol. The highest BCUT2D eigenvalue weighted by atomic mass is 16.2. The third-order valence-electron chi connectivity index (χ3n) is 4.92. The van der Waals surface area contributed by atoms with Gasteiger partial charge in [0.2, 0.25) is 0 Å². The number of nitrogens with zero attached hydrogens (tertiary/aromatic N) is 4. The van der Waals surface area contributed by atoms with E-state index in [9.17, 15) is 4.79 Å². The van der Waals surface area contributed by atoms with E-state index < -0.39 is 0 Å². The van der Waals surface area contributed by atoms with E-state index in [-0.39, 0.29) is 5.91 Å². The van der Waals surface area contributed by atoms with E-state index in [0.29, 0.717) is 11.6 Å². The fourth-order valence-electron chi connectivity index (χ4n) is 3.41. The molecule has 0 aromatic carbocycles. The summed E-state index contributed by atoms with van der Waals surface area (Å²) in [5.74, 6) is 2.33. The van der Waals surface area contributed by atoms with Crippen LogP contribution in [0, 0.1) is 11.8 Å². The lowest BCUT2D eigenvalue weighted by Crippen LogP contribution is -2.39. The average Bonchev–Trinajstić information content (AvgIpc) is 2.55. The van der Waals surface area contributed by atoms with Crippen molar-refractivity contribution >= 4 is 11.7 Å². The summed E-state index contributed by atoms with van der Waals surface area (Å²) in [6.45, 7) is 8.24. The average molecular weight is 302 g/mol. The Morgan fingerprint density at radius 2 is 1.86 bits per heavy atom. The first-order chi connectivity index (χ1) is 10.6. The van der Waals surface area contributed by atoms with Crippen LogP contribution in [-0.2, 0) is 0 Å². The zero-order valence-corrected chi connectivity index (χ0v) is 13.7. The van der Waals surface area contributed by atoms with E-state index >= 15 is 0 Å². The molecule has 0 bridgehead atoms. The molecule has 0 saturated carbocycles. The van der Waals surface area contributed by atoms with Gasteiger partial charge in [-0.3, -0.25) is 4.79 Å². The number of rotatable bonds is 2. The quantitative estimate of drug-likeness (QED) is 0.842. The van der Waals surface area contributed by atoms with Crippen molar-refractivity contribution in [2.24, 2.45) is 11.8 Å². The minimum absolute atomic E-state index is 0.0561. The largest absolute Gasteiger partial charge is 0.356 e. The van der Waals surface area contributed by atoms with Crippen molar-refractivity contribution in [1.29, 1.82) is 0 Å². The molecular weight excluding hydrogens is 276 g/mol. The molecule has 0 radical (unpaired) electrons. The maximum absolute atomic E-state index is 12.6. The van der Waals surface area contributed by atoms with Crippen molar-refractivity contribution in [3.8, 4) is 0 Å². The van der Waals surface area contributed by atoms with Gasteiger partial charge in [-0.1, -0.05) is 13.8 Å². The summed E-state index contributed by atoms with van der Waals surface area (Å²) in [6, 6.07) is 1.87. The SMILES string of the molecule is CC1CCN(c2cc(C(=O)N3CCCC(C)C3)ncn2)CC1. The normalized spacial score (nSPS) is 23.6. The predicted molar refractivity (Wildman–Crippen MR) is 86.9 cm³/mol. The molecular formula is C17H26N4O. The minimum Gasteiger partial charge on any atom is -0.356 e. The number of hydrogen-bond acceptors (Lipinski definition) is 4. The zero-order valence-electron chi connectivity index (χ0n) is 13.7. The summed E-state index contributed by atoms with van der Waals surface area (Å²) in [5.41, 5.74) is 0.540. The number of hydrogen-bond donors (Lipinski definition) is 0. The van der Waals surface area contributed by atoms with Crippen molar-refractivity contribution < 1.29 is 4.79 Å². The lowest BCUT2D eigenvalue weighted by atomic mass is 9.99. The molecule has 3 heterocycles. The molecule has 2 aliphatic heterocycles. The Kier molecular flexibility index (Phi) is 4.60. The van der Waals surface area contributed by atoms with Crippen LogP contribution in [0.25, 0.3) is 0 Å². The Bertz CT molecular complexity index is 525. The lowest BCUT2D eigenvalue weighted by molar-refractivity contribution is 0.0677. The summed E-state index contributed by atoms with van der Waals surface area (Å²) < 4.78 is 0. The van der Waals surface area contributed by atoms with E-state index in [1.54, 1.807) is 0 Å². The fourth-order valence-corrected chi connectivity index (χ4v) is 3.41. The molecule has 1 atom stereocenters. The van der Waals surface area contributed by atoms with Gasteiger partial charge < -0.3 is 9.80 Å². The van der Waals surface area contributed by atoms with Gasteiger partial charge in [0.1, 0.15) is 17.8 Å². The minimum atomic E-state index is 0.0561. The highest BCUT2D eigenvalue weighted by molar-refractivity contribution is 5.93. The van der Waals surface area contributed by atoms with Crippen LogP contribution in [0.2, 0.25) is 0 Å². The molecule has 1 aromatic rings. The maximum Gasteiger partial charge on any atom is 0.272 e. The van der Waals surface area contributed by atoms with Crippen LogP contribution >= 0.6 is 0 Å². The van der Waals surface area contributed by atoms with Gasteiger partial charge >= 0.3 is 0 Å². The number of likely N-dealkylation sites (tertiary alicyclic amines) is 1. The van der Waals surface area contributed by atoms with Crippen molar-refractivity contribution in [1.82, 2.24) is 14.9 Å². The summed E-state index contributed by atoms with van der Waals surface area (Å²) in [4.78, 5) is 25.5. The van der Waals surface area contributed by atoms with Crippen LogP contribution in [-0.4, -0.2) is 47.0 Å². The molecule has 0 spiro atoms. The van der Waals surface area contributed by atoms with Gasteiger partial charge in [-0.15, -0.1) is 0 Å². The van der Waals surface area contributed by atoms with Crippen LogP contribution in [0.1, 0.15) is 50.0 Å². The number of amides is 1. The van der Waals surface area contributed by atoms with Crippen LogP contribution < -0.4 is 4.90 Å². The first-order valence-corrected chi connectivity index (χ1v) is 8.49. The van der Waals surface area contributed by atoms with Crippen molar-refractivity contribution in [2.75, 3.05) is 31.1 Å². The molecule has 3 rings (SSSR count). The molecule has 5 heteroatoms. The number of aromatic nitrogens is 2. The van der Waals surface area contributed by atoms with Gasteiger partial charge in [-0.2, -0.15) is 0 Å². The second kappa shape index (κ2) is 6.63. The predicted octanol–water partition coefficient (Wildman–Crippen LogP) is 2.59. The number of anilines is 1. The summed E-state index contributed by atoms with van der Waals surface area (Å²) in [6.07, 6.45) is 6.22. The van der Waals surface area contributed by atoms with Gasteiger partial charge in [-0.05, 0) is 37.5 Å². The Hall–Kier alpha value is -1.65. The molecule has 120 valence electrons. The Labute approximate surface area is 132 Å². The van der Waals surface area contributed by atoms with Crippen LogP contribution in [0.5, 0.6) is 0 Å². The van der Waals surface area contributed by atoms with E-state index in [1.165, 1.54) is 25.6 Å². The summed E-state index contributed by atoms with van der Waals surface area (Å²) >= 11 is 0. The number of carbonyl (C=O) groups excluding carboxylic acids is 1. The molecule has 1 amide bonds. The topological polar surface area (TPSA) is 49.3 Å². The smallest absolute Gasteiger partial charge is 0.272 e. The van der Waals surface area contributed by atoms with Crippen molar-refractivity contribution in [3.05, 3.63) is 18.1 Å². The zero-order chi connectivity index (χ0) is 15.5. The molecule has 5 nitrogen and oxygen atoms in total. The molecule has 1 unspecified atom stereocenters. The molecule has 2 saturated heterocycles. The third-order valence-corrected chi connectivity index (χ3v) is 4.92. The van der Waals surface area contributed by atoms with Gasteiger partial charge in [0, 0.05) is 32.2 Å². The van der Waals surface area contributed by atoms with Crippen LogP contribution in [0.4, 0.5) is 5.82 Å². The Morgan fingerprint density at radius 3 is 2.59 bits per heavy atom. The molecule has 1 aromatic heterocycles. The maximum atomic E-state index is 12.6. The molecule has 22 heavy (non-hydrogen) atoms. The highest BCUT2D eigenvalue weighted by Gasteiger charge is 2.24. The van der Waals surface area contributed by atoms with E-state index in [1.807, 2.05) is 11.0 Å². The first kappa shape index (κ1) is 15.3. The van der Waals surface area contributed by atoms with Gasteiger partial charge in [0.25, 0.3) is 5.91 Å². The molecule has 2 fully saturated rings. The standard InChI is InChI=1S/C17H26N4O/c1-13-5-8-20(9-6-13)16-10-15(18-12-19-16)17(22)21-7-3-4-14(2)11-21/h10,12-14H,3-9,11H2,1-2H3. The van der Waals surface area contributed by atoms with Crippen LogP contribution in [0.15, 0.2) is 12.4 Å². The molecule has 0 N–H and O–H groups in total. The van der Waals surface area contributed by atoms with Crippen LogP contribution in [0.3, 0.4) is 0 Å². The highest BCUT2D eigenvalue weighted by Crippen LogP contribution is 2.22. The summed E-state index contributed by atoms with van der Waals surface area (Å²) in [5, 5.41) is 0. The van der Waals surface area contributed by atoms with E-state index in [0.717, 1.165) is 44.3 Å². The van der Waals surface area contributed by atoms with Crippen molar-refractivity contribution in [2.45, 2.75) is 39.5 Å². The van der Waals surface area contributed by atoms with E-state index in [2.05, 4.69) is 28.7 Å². The first-order valence-electron chi connectivity index (χ1n) is 8.49. The summed E-state index contributed by atoms with van der Waals surface area (Å²) in [7, 11) is 0. The van der Waals surface area contributed by atoms with Gasteiger partial charge in [0.15, 0.2) is 0 Å². The van der Waals surface area contributed by atoms with E-state index in [4.69, 9.17) is 0 Å². The van der Waals surface area contributed by atoms with Gasteiger partial charge in [0.05, 0.1) is 0 Å². The second-order valence-corrected chi connectivity index (χ2v) is 6.93. The molecule has 0 aliphatic carbocycles. The molecule has 2 aliphatic rings. The van der Waals surface area contributed by atoms with Gasteiger partial charge in [-0.25, -0.2) is 9.97 Å². The Balaban J connectivity index is 1.71. The second-order valence-electron chi connectivity index (χ2n) is 6.93. The Morgan fingerprint density at radius 1 is 1.09 bits per heavy atom. The number of piperidine rings is 2. The third kappa shape index (κ3) is 3.39. The van der Waals surface area contributed by atoms with Crippen molar-refractivity contribution in [3.63, 3.8) is 0 Å². The fraction of sp³-hybridized carbons (Fsp3) is 0.706. The number of carbonyl (C=O) groups is 1.